The van der Waals surface area contributed by atoms with Gasteiger partial charge in [0.05, 0.1) is 17.1 Å². The number of allylic oxidation sites excluding steroid dienone is 2. The van der Waals surface area contributed by atoms with Crippen molar-refractivity contribution in [3.8, 4) is 6.19 Å². The second-order valence-electron chi connectivity index (χ2n) is 10.1. The lowest BCUT2D eigenvalue weighted by Crippen LogP contribution is -2.46. The molecule has 2 aromatic carbocycles. The van der Waals surface area contributed by atoms with Crippen LogP contribution in [-0.2, 0) is 9.59 Å². The highest BCUT2D eigenvalue weighted by atomic mass is 19.1. The van der Waals surface area contributed by atoms with E-state index in [0.717, 1.165) is 44.8 Å². The number of nitriles is 1. The number of hydrogen-bond donors (Lipinski definition) is 5. The molecule has 2 aromatic rings. The van der Waals surface area contributed by atoms with E-state index < -0.39 is 17.9 Å². The summed E-state index contributed by atoms with van der Waals surface area (Å²) < 4.78 is 13.2. The Balaban J connectivity index is 1.38. The van der Waals surface area contributed by atoms with E-state index in [1.165, 1.54) is 12.1 Å². The predicted molar refractivity (Wildman–Crippen MR) is 157 cm³/mol. The van der Waals surface area contributed by atoms with E-state index >= 15 is 0 Å². The molecule has 0 atom stereocenters. The molecule has 0 spiro atoms. The summed E-state index contributed by atoms with van der Waals surface area (Å²) in [6.07, 6.45) is 2.64. The van der Waals surface area contributed by atoms with Gasteiger partial charge in [0.2, 0.25) is 5.96 Å². The maximum Gasteiger partial charge on any atom is 0.334 e. The first-order valence-electron chi connectivity index (χ1n) is 13.6. The highest BCUT2D eigenvalue weighted by Gasteiger charge is 2.36. The molecule has 0 bridgehead atoms. The van der Waals surface area contributed by atoms with Crippen molar-refractivity contribution >= 4 is 29.3 Å². The number of carboxylic acids is 2. The lowest BCUT2D eigenvalue weighted by Gasteiger charge is -2.36. The number of piperazine rings is 1. The molecule has 2 heterocycles. The van der Waals surface area contributed by atoms with Gasteiger partial charge in [0, 0.05) is 62.0 Å². The molecule has 1 fully saturated rings. The third kappa shape index (κ3) is 7.24. The molecular formula is C30H34FN7O4. The number of hydrogen-bond acceptors (Lipinski definition) is 7. The van der Waals surface area contributed by atoms with Crippen LogP contribution in [0.5, 0.6) is 0 Å². The Morgan fingerprint density at radius 2 is 1.69 bits per heavy atom. The fourth-order valence-corrected chi connectivity index (χ4v) is 5.36. The molecular weight excluding hydrogens is 541 g/mol. The van der Waals surface area contributed by atoms with Crippen molar-refractivity contribution in [1.29, 1.82) is 5.26 Å². The third-order valence-electron chi connectivity index (χ3n) is 7.34. The van der Waals surface area contributed by atoms with Gasteiger partial charge in [-0.25, -0.2) is 14.0 Å². The molecule has 0 aromatic heterocycles. The van der Waals surface area contributed by atoms with Crippen molar-refractivity contribution < 1.29 is 24.2 Å². The number of carboxylic acid groups (broad SMARTS) is 2. The number of carbonyl (C=O) groups is 2. The number of dihydropyridines is 1. The van der Waals surface area contributed by atoms with Crippen LogP contribution in [0.2, 0.25) is 0 Å². The Morgan fingerprint density at radius 1 is 1.05 bits per heavy atom. The van der Waals surface area contributed by atoms with Crippen molar-refractivity contribution in [2.45, 2.75) is 26.2 Å². The number of aliphatic imine (C=N–C) groups is 1. The zero-order chi connectivity index (χ0) is 30.2. The maximum absolute atomic E-state index is 13.2. The zero-order valence-corrected chi connectivity index (χ0v) is 23.5. The topological polar surface area (TPSA) is 153 Å². The molecule has 0 radical (unpaired) electrons. The van der Waals surface area contributed by atoms with Crippen LogP contribution in [0.1, 0.15) is 31.7 Å². The van der Waals surface area contributed by atoms with Crippen LogP contribution < -0.4 is 20.9 Å². The highest BCUT2D eigenvalue weighted by Crippen LogP contribution is 2.39. The molecule has 220 valence electrons. The number of benzene rings is 2. The molecule has 4 rings (SSSR count). The van der Waals surface area contributed by atoms with Gasteiger partial charge in [0.25, 0.3) is 0 Å². The average Bonchev–Trinajstić information content (AvgIpc) is 2.95. The molecule has 2 aliphatic rings. The normalized spacial score (nSPS) is 16.6. The summed E-state index contributed by atoms with van der Waals surface area (Å²) >= 11 is 0. The Labute approximate surface area is 243 Å². The van der Waals surface area contributed by atoms with E-state index in [-0.39, 0.29) is 22.9 Å². The Bertz CT molecular complexity index is 1420. The summed E-state index contributed by atoms with van der Waals surface area (Å²) in [5, 5.41) is 37.5. The summed E-state index contributed by atoms with van der Waals surface area (Å²) in [6, 6.07) is 13.3. The van der Waals surface area contributed by atoms with Crippen LogP contribution in [0.15, 0.2) is 76.1 Å². The van der Waals surface area contributed by atoms with Gasteiger partial charge in [0.15, 0.2) is 6.19 Å². The SMILES string of the molecule is CC1=C(C(=O)O)C(c2cccc(NC(=NCCCN3CCN(c4ccc(F)cc4)CC3)NC#N)c2)C(C(=O)O)=C(C)N1. The standard InChI is InChI=1S/C30H34FN7O4/c1-19-25(28(39)40)27(26(29(41)42)20(2)35-19)21-5-3-6-23(17-21)36-30(34-18-32)33-11-4-12-37-13-15-38(16-14-37)24-9-7-22(31)8-10-24/h3,5-10,17,27,35H,4,11-16H2,1-2H3,(H,39,40)(H,41,42)(H2,33,34,36). The molecule has 42 heavy (non-hydrogen) atoms. The number of anilines is 2. The minimum Gasteiger partial charge on any atom is -0.478 e. The molecule has 0 unspecified atom stereocenters. The predicted octanol–water partition coefficient (Wildman–Crippen LogP) is 3.28. The summed E-state index contributed by atoms with van der Waals surface area (Å²) in [7, 11) is 0. The Kier molecular flexibility index (Phi) is 9.77. The average molecular weight is 576 g/mol. The van der Waals surface area contributed by atoms with E-state index in [2.05, 4.69) is 30.7 Å². The fraction of sp³-hybridized carbons (Fsp3) is 0.333. The molecule has 11 nitrogen and oxygen atoms in total. The van der Waals surface area contributed by atoms with Gasteiger partial charge in [-0.3, -0.25) is 15.2 Å². The second kappa shape index (κ2) is 13.6. The molecule has 0 aliphatic carbocycles. The Morgan fingerprint density at radius 3 is 2.29 bits per heavy atom. The first-order chi connectivity index (χ1) is 20.2. The first kappa shape index (κ1) is 30.1. The van der Waals surface area contributed by atoms with E-state index in [4.69, 9.17) is 0 Å². The molecule has 5 N–H and O–H groups in total. The van der Waals surface area contributed by atoms with Gasteiger partial charge in [-0.2, -0.15) is 5.26 Å². The quantitative estimate of drug-likeness (QED) is 0.0990. The van der Waals surface area contributed by atoms with Gasteiger partial charge in [-0.15, -0.1) is 0 Å². The number of guanidine groups is 1. The Hall–Kier alpha value is -4.89. The second-order valence-corrected chi connectivity index (χ2v) is 10.1. The van der Waals surface area contributed by atoms with Gasteiger partial charge in [-0.05, 0) is 62.2 Å². The van der Waals surface area contributed by atoms with Gasteiger partial charge in [0.1, 0.15) is 5.82 Å². The number of aliphatic carboxylic acids is 2. The summed E-state index contributed by atoms with van der Waals surface area (Å²) in [5.74, 6) is -3.42. The van der Waals surface area contributed by atoms with Gasteiger partial charge < -0.3 is 25.7 Å². The zero-order valence-electron chi connectivity index (χ0n) is 23.5. The van der Waals surface area contributed by atoms with Crippen molar-refractivity contribution in [2.24, 2.45) is 4.99 Å². The largest absolute Gasteiger partial charge is 0.478 e. The van der Waals surface area contributed by atoms with E-state index in [1.807, 2.05) is 6.19 Å². The van der Waals surface area contributed by atoms with Crippen molar-refractivity contribution in [2.75, 3.05) is 49.5 Å². The van der Waals surface area contributed by atoms with Gasteiger partial charge >= 0.3 is 11.9 Å². The minimum absolute atomic E-state index is 0.0438. The summed E-state index contributed by atoms with van der Waals surface area (Å²) in [6.45, 7) is 7.96. The van der Waals surface area contributed by atoms with Crippen LogP contribution in [-0.4, -0.2) is 72.3 Å². The van der Waals surface area contributed by atoms with Crippen molar-refractivity contribution in [3.05, 3.63) is 82.5 Å². The molecule has 2 aliphatic heterocycles. The first-order valence-corrected chi connectivity index (χ1v) is 13.6. The van der Waals surface area contributed by atoms with Crippen LogP contribution in [0.4, 0.5) is 15.8 Å². The molecule has 0 amide bonds. The summed E-state index contributed by atoms with van der Waals surface area (Å²) in [4.78, 5) is 33.3. The highest BCUT2D eigenvalue weighted by molar-refractivity contribution is 5.99. The monoisotopic (exact) mass is 575 g/mol. The van der Waals surface area contributed by atoms with Crippen LogP contribution in [0.25, 0.3) is 0 Å². The van der Waals surface area contributed by atoms with Crippen molar-refractivity contribution in [3.63, 3.8) is 0 Å². The van der Waals surface area contributed by atoms with Crippen LogP contribution in [0.3, 0.4) is 0 Å². The maximum atomic E-state index is 13.2. The van der Waals surface area contributed by atoms with E-state index in [0.29, 0.717) is 29.2 Å². The third-order valence-corrected chi connectivity index (χ3v) is 7.34. The fourth-order valence-electron chi connectivity index (χ4n) is 5.36. The molecule has 12 heteroatoms. The lowest BCUT2D eigenvalue weighted by atomic mass is 9.80. The van der Waals surface area contributed by atoms with Crippen LogP contribution in [0, 0.1) is 17.3 Å². The van der Waals surface area contributed by atoms with Gasteiger partial charge in [-0.1, -0.05) is 12.1 Å². The molecule has 0 saturated carbocycles. The lowest BCUT2D eigenvalue weighted by molar-refractivity contribution is -0.133. The summed E-state index contributed by atoms with van der Waals surface area (Å²) in [5.41, 5.74) is 2.67. The van der Waals surface area contributed by atoms with E-state index in [1.54, 1.807) is 50.2 Å². The molecule has 1 saturated heterocycles. The van der Waals surface area contributed by atoms with Crippen LogP contribution >= 0.6 is 0 Å². The number of nitrogens with one attached hydrogen (secondary N) is 3. The van der Waals surface area contributed by atoms with E-state index in [9.17, 15) is 29.5 Å². The number of rotatable bonds is 9. The smallest absolute Gasteiger partial charge is 0.334 e. The number of halogens is 1. The number of nitrogens with zero attached hydrogens (tertiary/aromatic N) is 4. The minimum atomic E-state index is -1.21. The van der Waals surface area contributed by atoms with Crippen molar-refractivity contribution in [1.82, 2.24) is 15.5 Å².